The minimum Gasteiger partial charge on any atom is -0.396 e. The Kier molecular flexibility index (Phi) is 32.7. The number of allylic oxidation sites excluding steroid dienone is 4. The first-order valence-electron chi connectivity index (χ1n) is 41.6. The molecule has 0 bridgehead atoms. The molecule has 1 fully saturated rings. The second-order valence-corrected chi connectivity index (χ2v) is 35.9. The van der Waals surface area contributed by atoms with Crippen molar-refractivity contribution in [1.82, 2.24) is 9.97 Å². The van der Waals surface area contributed by atoms with Crippen LogP contribution in [0.5, 0.6) is 0 Å². The number of hydrogen-bond donors (Lipinski definition) is 5. The summed E-state index contributed by atoms with van der Waals surface area (Å²) >= 11 is 6.18. The summed E-state index contributed by atoms with van der Waals surface area (Å²) in [6.07, 6.45) is 23.4. The summed E-state index contributed by atoms with van der Waals surface area (Å²) in [7, 11) is 0. The lowest BCUT2D eigenvalue weighted by atomic mass is 9.92. The molecule has 0 amide bonds. The number of anilines is 6. The van der Waals surface area contributed by atoms with E-state index >= 15 is 0 Å². The highest BCUT2D eigenvalue weighted by Gasteiger charge is 2.34. The van der Waals surface area contributed by atoms with E-state index in [9.17, 15) is 29.4 Å². The second-order valence-electron chi connectivity index (χ2n) is 31.6. The van der Waals surface area contributed by atoms with Gasteiger partial charge in [0.05, 0.1) is 36.2 Å². The minimum absolute atomic E-state index is 0.0661. The molecule has 0 radical (unpaired) electrons. The van der Waals surface area contributed by atoms with Gasteiger partial charge in [-0.15, -0.1) is 57.7 Å². The number of Topliss-reactive ketones (excluding diaryl/α,β-unsaturated/α-hetero) is 4. The maximum absolute atomic E-state index is 12.9. The molecule has 7 aromatic carbocycles. The van der Waals surface area contributed by atoms with E-state index in [-0.39, 0.29) is 47.6 Å². The van der Waals surface area contributed by atoms with Crippen molar-refractivity contribution in [2.24, 2.45) is 23.7 Å². The number of rotatable bonds is 32. The summed E-state index contributed by atoms with van der Waals surface area (Å²) in [5.74, 6) is 5.61. The van der Waals surface area contributed by atoms with E-state index in [1.807, 2.05) is 79.7 Å². The Labute approximate surface area is 715 Å². The van der Waals surface area contributed by atoms with Crippen LogP contribution in [-0.2, 0) is 6.42 Å². The molecular weight excluding hydrogens is 1530 g/mol. The number of aliphatic hydroxyl groups is 2. The quantitative estimate of drug-likeness (QED) is 0.0201. The highest BCUT2D eigenvalue weighted by molar-refractivity contribution is 7.18. The molecule has 5 N–H and O–H groups in total. The largest absolute Gasteiger partial charge is 0.396 e. The number of hydrogen-bond acceptors (Lipinski definition) is 15. The summed E-state index contributed by atoms with van der Waals surface area (Å²) in [6, 6.07) is 76.3. The van der Waals surface area contributed by atoms with Gasteiger partial charge in [0.15, 0.2) is 23.1 Å². The van der Waals surface area contributed by atoms with Crippen LogP contribution in [0.15, 0.2) is 254 Å². The van der Waals surface area contributed by atoms with Crippen LogP contribution in [-0.4, -0.2) is 49.9 Å². The Balaban J connectivity index is 0.000000154. The maximum Gasteiger partial charge on any atom is 0.176 e. The third-order valence-corrected chi connectivity index (χ3v) is 26.1. The van der Waals surface area contributed by atoms with Gasteiger partial charge in [-0.2, -0.15) is 0 Å². The molecule has 1 saturated carbocycles. The molecule has 2 aliphatic rings. The van der Waals surface area contributed by atoms with Crippen molar-refractivity contribution in [1.29, 1.82) is 0 Å². The standard InChI is InChI=1S/C27H27NOS.C27H33NOS.C25H25NOS.C24H26N2O3S/c1-19(2)21-9-5-11-23(17-21)28-24-12-6-10-22(18-24)26-15-16-27(30-26)25(29)14-13-20-7-3-4-8-20;1-5-7-10-20(6-2)27(29)26-16-15-25(30-26)22-12-9-14-24(18-22)28-23-13-8-11-21(17-23)19(3)4;1-5-8-18(4)25(27)24-14-13-23(28-24)20-10-7-12-22(16-20)26-21-11-6-9-19(15-21)17(2)3;1-15(28)17-5-2-4-16(12-17)13-23-25-11-10-20(26-23)21-8-9-22(30-21)24(29)19-7-3-6-18(19)14-27/h3-7,9-12,15-19,28H,8,13-14H2,1-2H3;8-9,11-20,28H,5-7,10H2,1-4H3;1,6-7,9-18,26H,8H2,2-4H3;2,4-5,8-12,15,18-19,27-28H,3,6-7,13-14H2,1H3/t;;;15?,18-,19?/m...0/s1. The predicted molar refractivity (Wildman–Crippen MR) is 498 cm³/mol. The zero-order valence-corrected chi connectivity index (χ0v) is 72.9. The van der Waals surface area contributed by atoms with Gasteiger partial charge in [-0.05, 0) is 241 Å². The molecule has 5 atom stereocenters. The van der Waals surface area contributed by atoms with E-state index in [4.69, 9.17) is 11.4 Å². The number of carbonyl (C=O) groups is 4. The molecule has 118 heavy (non-hydrogen) atoms. The van der Waals surface area contributed by atoms with Gasteiger partial charge in [-0.25, -0.2) is 9.97 Å². The second kappa shape index (κ2) is 43.8. The number of nitrogens with one attached hydrogen (secondary N) is 3. The van der Waals surface area contributed by atoms with Crippen LogP contribution < -0.4 is 16.0 Å². The molecule has 4 unspecified atom stereocenters. The fraction of sp³-hybridized carbons (Fsp3) is 0.301. The Hall–Kier alpha value is -10.5. The van der Waals surface area contributed by atoms with Crippen LogP contribution in [0, 0.1) is 36.0 Å². The topological polar surface area (TPSA) is 171 Å². The smallest absolute Gasteiger partial charge is 0.176 e. The van der Waals surface area contributed by atoms with Gasteiger partial charge in [0, 0.05) is 98.6 Å². The van der Waals surface area contributed by atoms with E-state index in [1.165, 1.54) is 44.9 Å². The number of nitrogens with zero attached hydrogens (tertiary/aromatic N) is 2. The lowest BCUT2D eigenvalue weighted by molar-refractivity contribution is 0.0854. The van der Waals surface area contributed by atoms with E-state index in [1.54, 1.807) is 35.8 Å². The van der Waals surface area contributed by atoms with Crippen molar-refractivity contribution >= 4 is 103 Å². The van der Waals surface area contributed by atoms with Crippen LogP contribution in [0.2, 0.25) is 0 Å². The van der Waals surface area contributed by atoms with Crippen LogP contribution in [0.3, 0.4) is 0 Å². The number of aliphatic hydroxyl groups excluding tert-OH is 2. The van der Waals surface area contributed by atoms with Gasteiger partial charge >= 0.3 is 0 Å². The van der Waals surface area contributed by atoms with Crippen molar-refractivity contribution in [3.8, 4) is 54.2 Å². The van der Waals surface area contributed by atoms with Crippen molar-refractivity contribution in [2.75, 3.05) is 22.6 Å². The Bertz CT molecular complexity index is 5450. The van der Waals surface area contributed by atoms with Gasteiger partial charge in [0.1, 0.15) is 5.82 Å². The maximum atomic E-state index is 12.9. The van der Waals surface area contributed by atoms with Gasteiger partial charge < -0.3 is 26.2 Å². The van der Waals surface area contributed by atoms with Crippen LogP contribution in [0.4, 0.5) is 34.1 Å². The lowest BCUT2D eigenvalue weighted by Gasteiger charge is -2.14. The van der Waals surface area contributed by atoms with Gasteiger partial charge in [0.2, 0.25) is 0 Å². The van der Waals surface area contributed by atoms with Crippen molar-refractivity contribution < 1.29 is 29.4 Å². The summed E-state index contributed by atoms with van der Waals surface area (Å²) in [5, 5.41) is 29.9. The van der Waals surface area contributed by atoms with Gasteiger partial charge in [-0.3, -0.25) is 19.2 Å². The number of aromatic nitrogens is 2. The summed E-state index contributed by atoms with van der Waals surface area (Å²) < 4.78 is 0. The lowest BCUT2D eigenvalue weighted by Crippen LogP contribution is -2.20. The highest BCUT2D eigenvalue weighted by atomic mass is 32.1. The molecule has 11 nitrogen and oxygen atoms in total. The van der Waals surface area contributed by atoms with E-state index in [2.05, 4.69) is 252 Å². The van der Waals surface area contributed by atoms with E-state index < -0.39 is 6.10 Å². The SMILES string of the molecule is C#CCC(C)C(=O)c1ccc(-c2cccc(Nc3cccc(C(C)C)c3)c2)s1.CC(C)c1cccc(Nc2cccc(-c3ccc(C(=O)CCC4=CC=CC4)s3)c2)c1.CC(O)c1cccc(Cc2nccc(-c3ccc(C(=O)C4CCC[C@H]4CO)s3)n2)c1.CCCCC(CC)C(=O)c1ccc(-c2cccc(Nc3cccc(C(C)C)c3)c2)s1. The van der Waals surface area contributed by atoms with Gasteiger partial charge in [0.25, 0.3) is 0 Å². The average Bonchev–Trinajstić information content (AvgIpc) is 1.66. The van der Waals surface area contributed by atoms with Crippen molar-refractivity contribution in [2.45, 2.75) is 170 Å². The minimum atomic E-state index is -0.510. The number of unbranched alkanes of at least 4 members (excludes halogenated alkanes) is 1. The fourth-order valence-electron chi connectivity index (χ4n) is 14.5. The number of ketones is 4. The predicted octanol–water partition coefficient (Wildman–Crippen LogP) is 28.4. The zero-order valence-electron chi connectivity index (χ0n) is 69.6. The third-order valence-electron chi connectivity index (χ3n) is 21.5. The molecule has 0 spiro atoms. The highest BCUT2D eigenvalue weighted by Crippen LogP contribution is 2.40. The summed E-state index contributed by atoms with van der Waals surface area (Å²) in [5.41, 5.74) is 17.8. The molecule has 12 aromatic rings. The third kappa shape index (κ3) is 25.0. The van der Waals surface area contributed by atoms with Gasteiger partial charge in [-0.1, -0.05) is 202 Å². The molecule has 2 aliphatic carbocycles. The van der Waals surface area contributed by atoms with Crippen LogP contribution in [0.25, 0.3) is 41.9 Å². The summed E-state index contributed by atoms with van der Waals surface area (Å²) in [4.78, 5) is 67.5. The van der Waals surface area contributed by atoms with E-state index in [0.717, 1.165) is 164 Å². The molecule has 5 aromatic heterocycles. The molecule has 608 valence electrons. The zero-order chi connectivity index (χ0) is 83.6. The molecule has 15 heteroatoms. The van der Waals surface area contributed by atoms with Crippen molar-refractivity contribution in [3.63, 3.8) is 0 Å². The molecule has 14 rings (SSSR count). The van der Waals surface area contributed by atoms with Crippen LogP contribution >= 0.6 is 45.3 Å². The first-order valence-corrected chi connectivity index (χ1v) is 44.8. The number of terminal acetylenes is 1. The molecule has 5 heterocycles. The number of thiophene rings is 4. The first kappa shape index (κ1) is 88.3. The molecular formula is C103H111N5O6S4. The normalized spacial score (nSPS) is 14.2. The Morgan fingerprint density at radius 1 is 0.534 bits per heavy atom. The Morgan fingerprint density at radius 2 is 1.01 bits per heavy atom. The molecule has 0 saturated heterocycles. The fourth-order valence-corrected chi connectivity index (χ4v) is 18.5. The number of benzene rings is 7. The summed E-state index contributed by atoms with van der Waals surface area (Å²) in [6.45, 7) is 21.2. The first-order chi connectivity index (χ1) is 57.1. The van der Waals surface area contributed by atoms with Crippen LogP contribution in [0.1, 0.15) is 236 Å². The van der Waals surface area contributed by atoms with E-state index in [0.29, 0.717) is 48.6 Å². The van der Waals surface area contributed by atoms with Crippen molar-refractivity contribution in [3.05, 3.63) is 308 Å². The molecule has 0 aliphatic heterocycles. The monoisotopic (exact) mass is 1640 g/mol. The Morgan fingerprint density at radius 3 is 1.50 bits per heavy atom. The number of carbonyl (C=O) groups excluding carboxylic acids is 4. The average molecular weight is 1640 g/mol.